The van der Waals surface area contributed by atoms with Gasteiger partial charge in [-0.2, -0.15) is 0 Å². The Balaban J connectivity index is 1.63. The number of nitrogens with one attached hydrogen (secondary N) is 2. The first-order chi connectivity index (χ1) is 12.0. The predicted octanol–water partition coefficient (Wildman–Crippen LogP) is 4.35. The maximum absolute atomic E-state index is 12.5. The molecule has 3 rings (SSSR count). The summed E-state index contributed by atoms with van der Waals surface area (Å²) in [6, 6.07) is 10.9. The lowest BCUT2D eigenvalue weighted by molar-refractivity contribution is 0.0951. The Morgan fingerprint density at radius 2 is 2.08 bits per heavy atom. The standard InChI is InChI=1S/C18H20ClN3O2S/c1-2-22(11-15-8-9-16(19)25-15)18(24)21-14-5-3-4-12(10-14)17(23)20-13-6-7-13/h3-5,8-10,13H,2,6-7,11H2,1H3,(H,20,23)(H,21,24). The number of rotatable bonds is 6. The third kappa shape index (κ3) is 4.96. The summed E-state index contributed by atoms with van der Waals surface area (Å²) in [5.74, 6) is -0.0980. The number of carbonyl (C=O) groups is 2. The molecule has 0 spiro atoms. The van der Waals surface area contributed by atoms with Gasteiger partial charge in [-0.15, -0.1) is 11.3 Å². The van der Waals surface area contributed by atoms with Crippen LogP contribution >= 0.6 is 22.9 Å². The van der Waals surface area contributed by atoms with Gasteiger partial charge in [0.25, 0.3) is 5.91 Å². The fourth-order valence-electron chi connectivity index (χ4n) is 2.39. The highest BCUT2D eigenvalue weighted by atomic mass is 35.5. The highest BCUT2D eigenvalue weighted by molar-refractivity contribution is 7.16. The quantitative estimate of drug-likeness (QED) is 0.786. The van der Waals surface area contributed by atoms with Gasteiger partial charge in [0.2, 0.25) is 0 Å². The molecule has 2 N–H and O–H groups in total. The number of amides is 3. The largest absolute Gasteiger partial charge is 0.349 e. The van der Waals surface area contributed by atoms with E-state index >= 15 is 0 Å². The molecule has 1 aromatic heterocycles. The normalized spacial score (nSPS) is 13.4. The number of nitrogens with zero attached hydrogens (tertiary/aromatic N) is 1. The summed E-state index contributed by atoms with van der Waals surface area (Å²) in [6.45, 7) is 3.00. The molecule has 25 heavy (non-hydrogen) atoms. The molecule has 0 unspecified atom stereocenters. The van der Waals surface area contributed by atoms with Crippen molar-refractivity contribution in [2.45, 2.75) is 32.4 Å². The van der Waals surface area contributed by atoms with Gasteiger partial charge < -0.3 is 15.5 Å². The van der Waals surface area contributed by atoms with Gasteiger partial charge in [-0.05, 0) is 50.1 Å². The summed E-state index contributed by atoms with van der Waals surface area (Å²) >= 11 is 7.41. The van der Waals surface area contributed by atoms with E-state index in [2.05, 4.69) is 10.6 Å². The summed E-state index contributed by atoms with van der Waals surface area (Å²) in [5, 5.41) is 5.81. The Kier molecular flexibility index (Phi) is 5.60. The van der Waals surface area contributed by atoms with Crippen LogP contribution in [0.3, 0.4) is 0 Å². The summed E-state index contributed by atoms with van der Waals surface area (Å²) in [4.78, 5) is 27.4. The van der Waals surface area contributed by atoms with Crippen molar-refractivity contribution in [3.05, 3.63) is 51.2 Å². The lowest BCUT2D eigenvalue weighted by atomic mass is 10.2. The maximum Gasteiger partial charge on any atom is 0.322 e. The number of thiophene rings is 1. The third-order valence-electron chi connectivity index (χ3n) is 3.93. The second-order valence-electron chi connectivity index (χ2n) is 5.98. The Hall–Kier alpha value is -2.05. The minimum atomic E-state index is -0.202. The SMILES string of the molecule is CCN(Cc1ccc(Cl)s1)C(=O)Nc1cccc(C(=O)NC2CC2)c1. The Labute approximate surface area is 156 Å². The van der Waals surface area contributed by atoms with Crippen LogP contribution in [0, 0.1) is 0 Å². The average Bonchev–Trinajstić information content (AvgIpc) is 3.32. The van der Waals surface area contributed by atoms with E-state index < -0.39 is 0 Å². The summed E-state index contributed by atoms with van der Waals surface area (Å²) in [6.07, 6.45) is 2.08. The van der Waals surface area contributed by atoms with Gasteiger partial charge >= 0.3 is 6.03 Å². The fraction of sp³-hybridized carbons (Fsp3) is 0.333. The lowest BCUT2D eigenvalue weighted by Crippen LogP contribution is -2.34. The van der Waals surface area contributed by atoms with Gasteiger partial charge in [0.15, 0.2) is 0 Å². The van der Waals surface area contributed by atoms with Crippen molar-refractivity contribution in [1.82, 2.24) is 10.2 Å². The molecule has 1 aliphatic rings. The van der Waals surface area contributed by atoms with Crippen LogP contribution in [0.25, 0.3) is 0 Å². The van der Waals surface area contributed by atoms with Crippen LogP contribution in [0.2, 0.25) is 4.34 Å². The predicted molar refractivity (Wildman–Crippen MR) is 101 cm³/mol. The number of hydrogen-bond donors (Lipinski definition) is 2. The van der Waals surface area contributed by atoms with E-state index in [1.165, 1.54) is 11.3 Å². The summed E-state index contributed by atoms with van der Waals surface area (Å²) in [5.41, 5.74) is 1.16. The van der Waals surface area contributed by atoms with Crippen molar-refractivity contribution in [2.75, 3.05) is 11.9 Å². The van der Waals surface area contributed by atoms with Crippen LogP contribution in [0.15, 0.2) is 36.4 Å². The minimum absolute atomic E-state index is 0.0980. The first-order valence-corrected chi connectivity index (χ1v) is 9.45. The third-order valence-corrected chi connectivity index (χ3v) is 5.15. The van der Waals surface area contributed by atoms with Crippen molar-refractivity contribution in [2.24, 2.45) is 0 Å². The number of hydrogen-bond acceptors (Lipinski definition) is 3. The molecule has 5 nitrogen and oxygen atoms in total. The van der Waals surface area contributed by atoms with Crippen molar-refractivity contribution in [3.8, 4) is 0 Å². The van der Waals surface area contributed by atoms with E-state index in [0.29, 0.717) is 34.7 Å². The average molecular weight is 378 g/mol. The van der Waals surface area contributed by atoms with E-state index in [-0.39, 0.29) is 11.9 Å². The maximum atomic E-state index is 12.5. The Morgan fingerprint density at radius 3 is 2.72 bits per heavy atom. The molecule has 0 atom stereocenters. The highest BCUT2D eigenvalue weighted by Gasteiger charge is 2.24. The molecule has 0 bridgehead atoms. The Morgan fingerprint density at radius 1 is 1.28 bits per heavy atom. The molecule has 1 aliphatic carbocycles. The van der Waals surface area contributed by atoms with Crippen molar-refractivity contribution in [3.63, 3.8) is 0 Å². The van der Waals surface area contributed by atoms with Crippen LogP contribution in [0.5, 0.6) is 0 Å². The smallest absolute Gasteiger partial charge is 0.322 e. The van der Waals surface area contributed by atoms with Gasteiger partial charge in [-0.3, -0.25) is 4.79 Å². The monoisotopic (exact) mass is 377 g/mol. The van der Waals surface area contributed by atoms with Crippen LogP contribution in [-0.2, 0) is 6.54 Å². The van der Waals surface area contributed by atoms with Crippen molar-refractivity contribution in [1.29, 1.82) is 0 Å². The molecule has 1 saturated carbocycles. The molecule has 1 aromatic carbocycles. The number of carbonyl (C=O) groups excluding carboxylic acids is 2. The molecule has 3 amide bonds. The van der Waals surface area contributed by atoms with Gasteiger partial charge in [-0.1, -0.05) is 17.7 Å². The molecular weight excluding hydrogens is 358 g/mol. The zero-order chi connectivity index (χ0) is 17.8. The Bertz CT molecular complexity index is 773. The van der Waals surface area contributed by atoms with Gasteiger partial charge in [0.1, 0.15) is 0 Å². The highest BCUT2D eigenvalue weighted by Crippen LogP contribution is 2.23. The van der Waals surface area contributed by atoms with Gasteiger partial charge in [0.05, 0.1) is 10.9 Å². The first-order valence-electron chi connectivity index (χ1n) is 8.26. The number of benzene rings is 1. The number of halogens is 1. The van der Waals surface area contributed by atoms with Crippen LogP contribution in [0.1, 0.15) is 35.0 Å². The van der Waals surface area contributed by atoms with Gasteiger partial charge in [-0.25, -0.2) is 4.79 Å². The van der Waals surface area contributed by atoms with Gasteiger partial charge in [0, 0.05) is 28.7 Å². The zero-order valence-corrected chi connectivity index (χ0v) is 15.5. The van der Waals surface area contributed by atoms with E-state index in [0.717, 1.165) is 17.7 Å². The van der Waals surface area contributed by atoms with Crippen molar-refractivity contribution >= 4 is 40.6 Å². The second kappa shape index (κ2) is 7.89. The minimum Gasteiger partial charge on any atom is -0.349 e. The van der Waals surface area contributed by atoms with E-state index in [1.807, 2.05) is 19.1 Å². The fourth-order valence-corrected chi connectivity index (χ4v) is 3.49. The second-order valence-corrected chi connectivity index (χ2v) is 7.78. The molecule has 132 valence electrons. The molecule has 1 fully saturated rings. The summed E-state index contributed by atoms with van der Waals surface area (Å²) < 4.78 is 0.709. The van der Waals surface area contributed by atoms with E-state index in [4.69, 9.17) is 11.6 Å². The van der Waals surface area contributed by atoms with E-state index in [1.54, 1.807) is 29.2 Å². The van der Waals surface area contributed by atoms with Crippen LogP contribution in [0.4, 0.5) is 10.5 Å². The number of anilines is 1. The molecule has 1 heterocycles. The van der Waals surface area contributed by atoms with Crippen molar-refractivity contribution < 1.29 is 9.59 Å². The summed E-state index contributed by atoms with van der Waals surface area (Å²) in [7, 11) is 0. The van der Waals surface area contributed by atoms with Crippen LogP contribution < -0.4 is 10.6 Å². The number of urea groups is 1. The lowest BCUT2D eigenvalue weighted by Gasteiger charge is -2.21. The molecule has 0 aliphatic heterocycles. The van der Waals surface area contributed by atoms with Crippen LogP contribution in [-0.4, -0.2) is 29.4 Å². The molecule has 0 saturated heterocycles. The molecular formula is C18H20ClN3O2S. The zero-order valence-electron chi connectivity index (χ0n) is 13.9. The van der Waals surface area contributed by atoms with E-state index in [9.17, 15) is 9.59 Å². The molecule has 7 heteroatoms. The first kappa shape index (κ1) is 17.8. The molecule has 2 aromatic rings. The topological polar surface area (TPSA) is 61.4 Å². The molecule has 0 radical (unpaired) electrons.